The highest BCUT2D eigenvalue weighted by molar-refractivity contribution is 5.92. The van der Waals surface area contributed by atoms with Crippen molar-refractivity contribution in [3.63, 3.8) is 0 Å². The Morgan fingerprint density at radius 3 is 2.81 bits per heavy atom. The fourth-order valence-corrected chi connectivity index (χ4v) is 2.71. The number of para-hydroxylation sites is 1. The van der Waals surface area contributed by atoms with Crippen molar-refractivity contribution in [2.24, 2.45) is 0 Å². The molecule has 1 amide bonds. The van der Waals surface area contributed by atoms with Crippen molar-refractivity contribution in [3.8, 4) is 11.4 Å². The van der Waals surface area contributed by atoms with E-state index in [2.05, 4.69) is 10.3 Å². The first-order valence-electron chi connectivity index (χ1n) is 8.46. The number of amides is 1. The molecule has 1 heterocycles. The molecule has 0 aliphatic heterocycles. The molecule has 5 nitrogen and oxygen atoms in total. The van der Waals surface area contributed by atoms with Gasteiger partial charge in [-0.05, 0) is 36.8 Å². The second kappa shape index (κ2) is 8.31. The van der Waals surface area contributed by atoms with Gasteiger partial charge in [0.25, 0.3) is 0 Å². The molecule has 138 valence electrons. The highest BCUT2D eigenvalue weighted by Crippen LogP contribution is 2.19. The zero-order valence-electron chi connectivity index (χ0n) is 15.1. The van der Waals surface area contributed by atoms with Crippen LogP contribution in [-0.2, 0) is 11.3 Å². The summed E-state index contributed by atoms with van der Waals surface area (Å²) < 4.78 is 21.3. The Kier molecular flexibility index (Phi) is 5.66. The van der Waals surface area contributed by atoms with Crippen molar-refractivity contribution in [2.75, 3.05) is 7.11 Å². The highest BCUT2D eigenvalue weighted by atomic mass is 19.1. The first-order chi connectivity index (χ1) is 13.1. The third kappa shape index (κ3) is 4.41. The molecule has 0 aliphatic carbocycles. The van der Waals surface area contributed by atoms with E-state index in [1.165, 1.54) is 12.1 Å². The van der Waals surface area contributed by atoms with Crippen molar-refractivity contribution in [2.45, 2.75) is 13.5 Å². The van der Waals surface area contributed by atoms with Gasteiger partial charge in [-0.1, -0.05) is 24.3 Å². The van der Waals surface area contributed by atoms with E-state index in [0.29, 0.717) is 22.8 Å². The Bertz CT molecular complexity index is 979. The SMILES string of the molecule is COc1ccccc1C=CC(=O)NCc1ccc(-n2ccnc2C)c(F)c1. The molecule has 0 spiro atoms. The molecule has 3 aromatic rings. The maximum Gasteiger partial charge on any atom is 0.244 e. The molecule has 27 heavy (non-hydrogen) atoms. The summed E-state index contributed by atoms with van der Waals surface area (Å²) in [6.07, 6.45) is 6.44. The number of carbonyl (C=O) groups excluding carboxylic acids is 1. The number of benzene rings is 2. The molecule has 6 heteroatoms. The third-order valence-corrected chi connectivity index (χ3v) is 4.12. The fourth-order valence-electron chi connectivity index (χ4n) is 2.71. The lowest BCUT2D eigenvalue weighted by Crippen LogP contribution is -2.20. The van der Waals surface area contributed by atoms with Gasteiger partial charge in [0.05, 0.1) is 12.8 Å². The Hall–Kier alpha value is -3.41. The van der Waals surface area contributed by atoms with E-state index >= 15 is 0 Å². The number of carbonyl (C=O) groups is 1. The molecule has 0 aliphatic rings. The number of methoxy groups -OCH3 is 1. The predicted molar refractivity (Wildman–Crippen MR) is 102 cm³/mol. The van der Waals surface area contributed by atoms with Crippen LogP contribution >= 0.6 is 0 Å². The Morgan fingerprint density at radius 1 is 1.30 bits per heavy atom. The van der Waals surface area contributed by atoms with Gasteiger partial charge in [0, 0.05) is 30.6 Å². The number of halogens is 1. The van der Waals surface area contributed by atoms with Gasteiger partial charge < -0.3 is 14.6 Å². The second-order valence-electron chi connectivity index (χ2n) is 5.92. The number of hydrogen-bond donors (Lipinski definition) is 1. The Balaban J connectivity index is 1.63. The van der Waals surface area contributed by atoms with Crippen LogP contribution in [0.2, 0.25) is 0 Å². The molecule has 2 aromatic carbocycles. The summed E-state index contributed by atoms with van der Waals surface area (Å²) in [4.78, 5) is 16.1. The number of nitrogens with one attached hydrogen (secondary N) is 1. The van der Waals surface area contributed by atoms with Crippen molar-refractivity contribution < 1.29 is 13.9 Å². The quantitative estimate of drug-likeness (QED) is 0.679. The van der Waals surface area contributed by atoms with Crippen molar-refractivity contribution in [1.29, 1.82) is 0 Å². The second-order valence-corrected chi connectivity index (χ2v) is 5.92. The maximum absolute atomic E-state index is 14.4. The van der Waals surface area contributed by atoms with Gasteiger partial charge in [-0.25, -0.2) is 9.37 Å². The monoisotopic (exact) mass is 365 g/mol. The average molecular weight is 365 g/mol. The van der Waals surface area contributed by atoms with Crippen LogP contribution in [0.3, 0.4) is 0 Å². The lowest BCUT2D eigenvalue weighted by atomic mass is 10.1. The standard InChI is InChI=1S/C21H20FN3O2/c1-15-23-11-12-25(15)19-9-7-16(13-18(19)22)14-24-21(26)10-8-17-5-3-4-6-20(17)27-2/h3-13H,14H2,1-2H3,(H,24,26). The number of aromatic nitrogens is 2. The maximum atomic E-state index is 14.4. The van der Waals surface area contributed by atoms with Gasteiger partial charge >= 0.3 is 0 Å². The van der Waals surface area contributed by atoms with Crippen LogP contribution < -0.4 is 10.1 Å². The van der Waals surface area contributed by atoms with Crippen LogP contribution in [-0.4, -0.2) is 22.6 Å². The first kappa shape index (κ1) is 18.4. The molecule has 1 N–H and O–H groups in total. The molecule has 3 rings (SSSR count). The molecule has 0 unspecified atom stereocenters. The molecule has 0 saturated heterocycles. The van der Waals surface area contributed by atoms with Gasteiger partial charge in [0.2, 0.25) is 5.91 Å². The van der Waals surface area contributed by atoms with Crippen LogP contribution in [0.15, 0.2) is 60.9 Å². The van der Waals surface area contributed by atoms with E-state index in [9.17, 15) is 9.18 Å². The molecular formula is C21H20FN3O2. The molecular weight excluding hydrogens is 345 g/mol. The van der Waals surface area contributed by atoms with Gasteiger partial charge in [0.1, 0.15) is 17.4 Å². The fraction of sp³-hybridized carbons (Fsp3) is 0.143. The lowest BCUT2D eigenvalue weighted by Gasteiger charge is -2.09. The minimum absolute atomic E-state index is 0.231. The van der Waals surface area contributed by atoms with Crippen molar-refractivity contribution in [3.05, 3.63) is 83.7 Å². The number of aryl methyl sites for hydroxylation is 1. The van der Waals surface area contributed by atoms with E-state index in [1.54, 1.807) is 42.3 Å². The predicted octanol–water partition coefficient (Wildman–Crippen LogP) is 3.66. The summed E-state index contributed by atoms with van der Waals surface area (Å²) in [6, 6.07) is 12.3. The summed E-state index contributed by atoms with van der Waals surface area (Å²) in [6.45, 7) is 2.04. The van der Waals surface area contributed by atoms with Gasteiger partial charge in [-0.3, -0.25) is 4.79 Å². The van der Waals surface area contributed by atoms with Crippen LogP contribution in [0.25, 0.3) is 11.8 Å². The molecule has 0 bridgehead atoms. The molecule has 0 saturated carbocycles. The van der Waals surface area contributed by atoms with E-state index in [-0.39, 0.29) is 18.3 Å². The highest BCUT2D eigenvalue weighted by Gasteiger charge is 2.08. The van der Waals surface area contributed by atoms with Gasteiger partial charge in [-0.2, -0.15) is 0 Å². The summed E-state index contributed by atoms with van der Waals surface area (Å²) in [5, 5.41) is 2.75. The van der Waals surface area contributed by atoms with E-state index in [0.717, 1.165) is 5.56 Å². The minimum atomic E-state index is -0.368. The van der Waals surface area contributed by atoms with Gasteiger partial charge in [-0.15, -0.1) is 0 Å². The number of rotatable bonds is 6. The molecule has 1 aromatic heterocycles. The topological polar surface area (TPSA) is 56.1 Å². The Labute approximate surface area is 157 Å². The first-order valence-corrected chi connectivity index (χ1v) is 8.46. The van der Waals surface area contributed by atoms with Crippen molar-refractivity contribution >= 4 is 12.0 Å². The number of ether oxygens (including phenoxy) is 1. The smallest absolute Gasteiger partial charge is 0.244 e. The zero-order valence-corrected chi connectivity index (χ0v) is 15.1. The van der Waals surface area contributed by atoms with E-state index in [1.807, 2.05) is 31.2 Å². The van der Waals surface area contributed by atoms with Crippen LogP contribution in [0.5, 0.6) is 5.75 Å². The molecule has 0 fully saturated rings. The number of imidazole rings is 1. The third-order valence-electron chi connectivity index (χ3n) is 4.12. The summed E-state index contributed by atoms with van der Waals surface area (Å²) in [5.41, 5.74) is 1.91. The van der Waals surface area contributed by atoms with E-state index < -0.39 is 0 Å². The zero-order chi connectivity index (χ0) is 19.2. The molecule has 0 radical (unpaired) electrons. The van der Waals surface area contributed by atoms with E-state index in [4.69, 9.17) is 4.74 Å². The average Bonchev–Trinajstić information content (AvgIpc) is 3.10. The lowest BCUT2D eigenvalue weighted by molar-refractivity contribution is -0.116. The largest absolute Gasteiger partial charge is 0.496 e. The van der Waals surface area contributed by atoms with Crippen LogP contribution in [0.4, 0.5) is 4.39 Å². The Morgan fingerprint density at radius 2 is 2.11 bits per heavy atom. The summed E-state index contributed by atoms with van der Waals surface area (Å²) in [5.74, 6) is 0.758. The molecule has 0 atom stereocenters. The number of nitrogens with zero attached hydrogens (tertiary/aromatic N) is 2. The normalized spacial score (nSPS) is 10.9. The van der Waals surface area contributed by atoms with Crippen LogP contribution in [0, 0.1) is 12.7 Å². The van der Waals surface area contributed by atoms with Crippen LogP contribution in [0.1, 0.15) is 17.0 Å². The van der Waals surface area contributed by atoms with Gasteiger partial charge in [0.15, 0.2) is 0 Å². The minimum Gasteiger partial charge on any atom is -0.496 e. The van der Waals surface area contributed by atoms with Crippen molar-refractivity contribution in [1.82, 2.24) is 14.9 Å². The summed E-state index contributed by atoms with van der Waals surface area (Å²) >= 11 is 0. The number of hydrogen-bond acceptors (Lipinski definition) is 3. The summed E-state index contributed by atoms with van der Waals surface area (Å²) in [7, 11) is 1.58.